The molecular formula is C21H23N3O3S. The van der Waals surface area contributed by atoms with Gasteiger partial charge in [0.2, 0.25) is 5.91 Å². The summed E-state index contributed by atoms with van der Waals surface area (Å²) in [5.41, 5.74) is 3.37. The van der Waals surface area contributed by atoms with Gasteiger partial charge in [-0.3, -0.25) is 4.79 Å². The number of aromatic nitrogens is 2. The van der Waals surface area contributed by atoms with Gasteiger partial charge in [0.25, 0.3) is 11.1 Å². The Kier molecular flexibility index (Phi) is 6.71. The average molecular weight is 398 g/mol. The summed E-state index contributed by atoms with van der Waals surface area (Å²) in [6.45, 7) is 6.52. The Bertz CT molecular complexity index is 925. The summed E-state index contributed by atoms with van der Waals surface area (Å²) in [6, 6.07) is 15.8. The van der Waals surface area contributed by atoms with Gasteiger partial charge < -0.3 is 14.5 Å². The van der Waals surface area contributed by atoms with Crippen LogP contribution in [0.5, 0.6) is 5.75 Å². The summed E-state index contributed by atoms with van der Waals surface area (Å²) >= 11 is 1.23. The van der Waals surface area contributed by atoms with Crippen molar-refractivity contribution in [3.05, 3.63) is 71.1 Å². The van der Waals surface area contributed by atoms with Crippen LogP contribution in [0.25, 0.3) is 0 Å². The first-order valence-corrected chi connectivity index (χ1v) is 9.89. The van der Waals surface area contributed by atoms with Crippen molar-refractivity contribution < 1.29 is 13.9 Å². The fourth-order valence-corrected chi connectivity index (χ4v) is 3.16. The summed E-state index contributed by atoms with van der Waals surface area (Å²) in [4.78, 5) is 12.3. The zero-order valence-electron chi connectivity index (χ0n) is 16.1. The number of ether oxygens (including phenoxy) is 1. The molecule has 1 N–H and O–H groups in total. The number of nitrogens with one attached hydrogen (secondary N) is 1. The number of benzene rings is 2. The highest BCUT2D eigenvalue weighted by Crippen LogP contribution is 2.22. The Morgan fingerprint density at radius 1 is 1.14 bits per heavy atom. The fraction of sp³-hybridized carbons (Fsp3) is 0.286. The molecule has 1 aromatic heterocycles. The number of carbonyl (C=O) groups excluding carboxylic acids is 1. The summed E-state index contributed by atoms with van der Waals surface area (Å²) in [6.07, 6.45) is 0. The first kappa shape index (κ1) is 19.9. The number of hydrogen-bond acceptors (Lipinski definition) is 6. The summed E-state index contributed by atoms with van der Waals surface area (Å²) in [5, 5.41) is 10.9. The molecule has 146 valence electrons. The molecular weight excluding hydrogens is 374 g/mol. The molecule has 1 heterocycles. The lowest BCUT2D eigenvalue weighted by Gasteiger charge is -2.10. The van der Waals surface area contributed by atoms with Crippen LogP contribution in [0.2, 0.25) is 0 Å². The molecule has 6 nitrogen and oxygen atoms in total. The molecule has 1 amide bonds. The van der Waals surface area contributed by atoms with Gasteiger partial charge in [-0.05, 0) is 44.0 Å². The minimum atomic E-state index is -0.351. The van der Waals surface area contributed by atoms with Crippen LogP contribution in [0, 0.1) is 13.8 Å². The SMILES string of the molecule is Cc1ccc(CNC(=O)[C@@H](C)Sc2nnc(COc3cccc(C)c3)o2)cc1. The number of aryl methyl sites for hydroxylation is 2. The van der Waals surface area contributed by atoms with E-state index in [1.807, 2.05) is 69.3 Å². The summed E-state index contributed by atoms with van der Waals surface area (Å²) < 4.78 is 11.2. The van der Waals surface area contributed by atoms with E-state index in [2.05, 4.69) is 15.5 Å². The zero-order chi connectivity index (χ0) is 19.9. The minimum Gasteiger partial charge on any atom is -0.484 e. The van der Waals surface area contributed by atoms with Crippen molar-refractivity contribution in [2.45, 2.75) is 44.4 Å². The van der Waals surface area contributed by atoms with E-state index in [0.717, 1.165) is 16.9 Å². The normalized spacial score (nSPS) is 11.8. The lowest BCUT2D eigenvalue weighted by molar-refractivity contribution is -0.120. The predicted octanol–water partition coefficient (Wildman–Crippen LogP) is 4.06. The molecule has 0 saturated heterocycles. The zero-order valence-corrected chi connectivity index (χ0v) is 17.0. The van der Waals surface area contributed by atoms with Crippen LogP contribution >= 0.6 is 11.8 Å². The van der Waals surface area contributed by atoms with Crippen LogP contribution < -0.4 is 10.1 Å². The van der Waals surface area contributed by atoms with Crippen LogP contribution in [0.15, 0.2) is 58.2 Å². The van der Waals surface area contributed by atoms with Gasteiger partial charge in [0.05, 0.1) is 5.25 Å². The Morgan fingerprint density at radius 2 is 1.93 bits per heavy atom. The molecule has 0 fully saturated rings. The largest absolute Gasteiger partial charge is 0.484 e. The standard InChI is InChI=1S/C21H23N3O3S/c1-14-7-9-17(10-8-14)12-22-20(25)16(3)28-21-24-23-19(27-21)13-26-18-6-4-5-15(2)11-18/h4-11,16H,12-13H2,1-3H3,(H,22,25)/t16-/m1/s1. The molecule has 7 heteroatoms. The van der Waals surface area contributed by atoms with Crippen LogP contribution in [-0.2, 0) is 17.9 Å². The van der Waals surface area contributed by atoms with Crippen molar-refractivity contribution in [3.63, 3.8) is 0 Å². The molecule has 0 aliphatic carbocycles. The smallest absolute Gasteiger partial charge is 0.277 e. The molecule has 28 heavy (non-hydrogen) atoms. The van der Waals surface area contributed by atoms with E-state index in [1.165, 1.54) is 17.3 Å². The lowest BCUT2D eigenvalue weighted by atomic mass is 10.1. The van der Waals surface area contributed by atoms with Crippen molar-refractivity contribution in [1.29, 1.82) is 0 Å². The molecule has 1 atom stereocenters. The third kappa shape index (κ3) is 5.85. The quantitative estimate of drug-likeness (QED) is 0.578. The van der Waals surface area contributed by atoms with Crippen molar-refractivity contribution in [2.75, 3.05) is 0 Å². The third-order valence-corrected chi connectivity index (χ3v) is 4.97. The molecule has 0 radical (unpaired) electrons. The number of thioether (sulfide) groups is 1. The van der Waals surface area contributed by atoms with Gasteiger partial charge in [0.15, 0.2) is 6.61 Å². The van der Waals surface area contributed by atoms with Crippen LogP contribution in [-0.4, -0.2) is 21.4 Å². The van der Waals surface area contributed by atoms with Gasteiger partial charge in [0, 0.05) is 6.54 Å². The van der Waals surface area contributed by atoms with E-state index in [1.54, 1.807) is 0 Å². The minimum absolute atomic E-state index is 0.0821. The molecule has 0 saturated carbocycles. The van der Waals surface area contributed by atoms with Crippen molar-refractivity contribution in [2.24, 2.45) is 0 Å². The predicted molar refractivity (Wildman–Crippen MR) is 108 cm³/mol. The second-order valence-electron chi connectivity index (χ2n) is 6.53. The van der Waals surface area contributed by atoms with E-state index in [0.29, 0.717) is 17.7 Å². The topological polar surface area (TPSA) is 77.2 Å². The van der Waals surface area contributed by atoms with E-state index >= 15 is 0 Å². The first-order chi connectivity index (χ1) is 13.5. The summed E-state index contributed by atoms with van der Waals surface area (Å²) in [5.74, 6) is 1.04. The highest BCUT2D eigenvalue weighted by Gasteiger charge is 2.18. The maximum Gasteiger partial charge on any atom is 0.277 e. The van der Waals surface area contributed by atoms with E-state index in [9.17, 15) is 4.79 Å². The van der Waals surface area contributed by atoms with Crippen molar-refractivity contribution in [3.8, 4) is 5.75 Å². The Hall–Kier alpha value is -2.80. The summed E-state index contributed by atoms with van der Waals surface area (Å²) in [7, 11) is 0. The second-order valence-corrected chi connectivity index (χ2v) is 7.82. The number of nitrogens with zero attached hydrogens (tertiary/aromatic N) is 2. The Morgan fingerprint density at radius 3 is 2.68 bits per heavy atom. The number of carbonyl (C=O) groups is 1. The molecule has 0 aliphatic rings. The van der Waals surface area contributed by atoms with Crippen molar-refractivity contribution in [1.82, 2.24) is 15.5 Å². The average Bonchev–Trinajstić information content (AvgIpc) is 3.13. The maximum atomic E-state index is 12.3. The van der Waals surface area contributed by atoms with Gasteiger partial charge in [-0.15, -0.1) is 10.2 Å². The van der Waals surface area contributed by atoms with Gasteiger partial charge in [-0.2, -0.15) is 0 Å². The Balaban J connectivity index is 1.46. The number of amides is 1. The van der Waals surface area contributed by atoms with Gasteiger partial charge in [0.1, 0.15) is 5.75 Å². The molecule has 0 aliphatic heterocycles. The van der Waals surface area contributed by atoms with Gasteiger partial charge >= 0.3 is 0 Å². The first-order valence-electron chi connectivity index (χ1n) is 9.01. The molecule has 2 aromatic carbocycles. The van der Waals surface area contributed by atoms with E-state index in [-0.39, 0.29) is 17.8 Å². The fourth-order valence-electron chi connectivity index (χ4n) is 2.44. The highest BCUT2D eigenvalue weighted by atomic mass is 32.2. The molecule has 0 unspecified atom stereocenters. The molecule has 3 aromatic rings. The van der Waals surface area contributed by atoms with E-state index in [4.69, 9.17) is 9.15 Å². The molecule has 3 rings (SSSR count). The second kappa shape index (κ2) is 9.41. The monoisotopic (exact) mass is 397 g/mol. The molecule has 0 spiro atoms. The number of hydrogen-bond donors (Lipinski definition) is 1. The van der Waals surface area contributed by atoms with Crippen LogP contribution in [0.1, 0.15) is 29.5 Å². The maximum absolute atomic E-state index is 12.3. The van der Waals surface area contributed by atoms with Gasteiger partial charge in [-0.1, -0.05) is 53.7 Å². The molecule has 0 bridgehead atoms. The van der Waals surface area contributed by atoms with Crippen LogP contribution in [0.4, 0.5) is 0 Å². The van der Waals surface area contributed by atoms with Gasteiger partial charge in [-0.25, -0.2) is 0 Å². The van der Waals surface area contributed by atoms with Crippen LogP contribution in [0.3, 0.4) is 0 Å². The lowest BCUT2D eigenvalue weighted by Crippen LogP contribution is -2.30. The van der Waals surface area contributed by atoms with Crippen molar-refractivity contribution >= 4 is 17.7 Å². The highest BCUT2D eigenvalue weighted by molar-refractivity contribution is 8.00. The third-order valence-electron chi connectivity index (χ3n) is 4.03. The Labute approximate surface area is 168 Å². The number of rotatable bonds is 8. The van der Waals surface area contributed by atoms with E-state index < -0.39 is 0 Å².